The first kappa shape index (κ1) is 20.7. The summed E-state index contributed by atoms with van der Waals surface area (Å²) in [5.74, 6) is 2.38. The number of nitrogens with one attached hydrogen (secondary N) is 1. The van der Waals surface area contributed by atoms with E-state index < -0.39 is 0 Å². The van der Waals surface area contributed by atoms with Gasteiger partial charge in [-0.25, -0.2) is 4.98 Å². The molecule has 164 valence electrons. The Morgan fingerprint density at radius 2 is 1.75 bits per heavy atom. The van der Waals surface area contributed by atoms with Gasteiger partial charge in [-0.15, -0.1) is 11.3 Å². The van der Waals surface area contributed by atoms with Crippen molar-refractivity contribution in [1.29, 1.82) is 0 Å². The monoisotopic (exact) mass is 447 g/mol. The highest BCUT2D eigenvalue weighted by Crippen LogP contribution is 2.35. The number of hydrogen-bond acceptors (Lipinski definition) is 6. The largest absolute Gasteiger partial charge is 0.497 e. The molecule has 1 aliphatic heterocycles. The summed E-state index contributed by atoms with van der Waals surface area (Å²) in [6.45, 7) is 1.61. The lowest BCUT2D eigenvalue weighted by Gasteiger charge is -2.24. The number of ether oxygens (including phenoxy) is 2. The maximum atomic E-state index is 12.8. The van der Waals surface area contributed by atoms with Gasteiger partial charge in [0.05, 0.1) is 26.3 Å². The molecule has 1 aliphatic rings. The number of benzene rings is 2. The van der Waals surface area contributed by atoms with Gasteiger partial charge >= 0.3 is 0 Å². The Morgan fingerprint density at radius 3 is 2.44 bits per heavy atom. The van der Waals surface area contributed by atoms with Gasteiger partial charge in [0.1, 0.15) is 22.0 Å². The second-order valence-corrected chi connectivity index (χ2v) is 9.02. The Balaban J connectivity index is 1.40. The zero-order chi connectivity index (χ0) is 22.1. The molecule has 2 aromatic heterocycles. The molecule has 3 heterocycles. The standard InChI is InChI=1S/C25H25N3O3S/c1-30-18-9-5-16(6-10-18)21-4-3-13-28(21)15-23-26-20-14-22(32-24(20)25(29)27-23)17-7-11-19(31-2)12-8-17/h5-12,14,21H,3-4,13,15H2,1-2H3,(H,26,27,29)/t21-/m1/s1. The fourth-order valence-corrected chi connectivity index (χ4v) is 5.37. The highest BCUT2D eigenvalue weighted by molar-refractivity contribution is 7.22. The van der Waals surface area contributed by atoms with Gasteiger partial charge in [-0.05, 0) is 73.0 Å². The predicted octanol–water partition coefficient (Wildman–Crippen LogP) is 5.01. The third kappa shape index (κ3) is 4.01. The second kappa shape index (κ2) is 8.76. The Hall–Kier alpha value is -3.16. The van der Waals surface area contributed by atoms with Gasteiger partial charge in [0.2, 0.25) is 0 Å². The molecule has 0 amide bonds. The number of aromatic nitrogens is 2. The van der Waals surface area contributed by atoms with Gasteiger partial charge in [0.25, 0.3) is 5.56 Å². The van der Waals surface area contributed by atoms with Crippen molar-refractivity contribution in [3.63, 3.8) is 0 Å². The third-order valence-electron chi connectivity index (χ3n) is 6.02. The van der Waals surface area contributed by atoms with E-state index in [0.29, 0.717) is 23.1 Å². The molecular weight excluding hydrogens is 422 g/mol. The molecule has 1 N–H and O–H groups in total. The fourth-order valence-electron chi connectivity index (χ4n) is 4.37. The topological polar surface area (TPSA) is 67.5 Å². The molecule has 0 radical (unpaired) electrons. The molecule has 0 saturated carbocycles. The second-order valence-electron chi connectivity index (χ2n) is 7.97. The first-order valence-corrected chi connectivity index (χ1v) is 11.5. The quantitative estimate of drug-likeness (QED) is 0.450. The molecule has 7 heteroatoms. The minimum Gasteiger partial charge on any atom is -0.497 e. The molecule has 5 rings (SSSR count). The van der Waals surface area contributed by atoms with Crippen LogP contribution in [0.1, 0.15) is 30.3 Å². The van der Waals surface area contributed by atoms with Crippen LogP contribution in [0.2, 0.25) is 0 Å². The van der Waals surface area contributed by atoms with Crippen molar-refractivity contribution in [1.82, 2.24) is 14.9 Å². The van der Waals surface area contributed by atoms with Crippen LogP contribution in [0.5, 0.6) is 11.5 Å². The fraction of sp³-hybridized carbons (Fsp3) is 0.280. The van der Waals surface area contributed by atoms with E-state index in [4.69, 9.17) is 14.5 Å². The van der Waals surface area contributed by atoms with E-state index in [2.05, 4.69) is 22.0 Å². The van der Waals surface area contributed by atoms with Gasteiger partial charge in [0.15, 0.2) is 0 Å². The minimum absolute atomic E-state index is 0.0741. The first-order chi connectivity index (χ1) is 15.6. The summed E-state index contributed by atoms with van der Waals surface area (Å²) >= 11 is 1.47. The molecule has 0 spiro atoms. The number of methoxy groups -OCH3 is 2. The maximum Gasteiger partial charge on any atom is 0.268 e. The molecule has 0 unspecified atom stereocenters. The molecule has 1 atom stereocenters. The molecule has 6 nitrogen and oxygen atoms in total. The Bertz CT molecular complexity index is 1280. The van der Waals surface area contributed by atoms with Crippen LogP contribution in [0.3, 0.4) is 0 Å². The normalized spacial score (nSPS) is 16.5. The van der Waals surface area contributed by atoms with E-state index >= 15 is 0 Å². The zero-order valence-corrected chi connectivity index (χ0v) is 18.9. The van der Waals surface area contributed by atoms with Crippen LogP contribution in [-0.4, -0.2) is 35.6 Å². The van der Waals surface area contributed by atoms with Gasteiger partial charge in [0, 0.05) is 10.9 Å². The smallest absolute Gasteiger partial charge is 0.268 e. The van der Waals surface area contributed by atoms with Crippen LogP contribution in [0.15, 0.2) is 59.4 Å². The highest BCUT2D eigenvalue weighted by atomic mass is 32.1. The molecule has 1 fully saturated rings. The molecule has 0 aliphatic carbocycles. The number of nitrogens with zero attached hydrogens (tertiary/aromatic N) is 2. The summed E-state index contributed by atoms with van der Waals surface area (Å²) in [7, 11) is 3.33. The molecule has 2 aromatic carbocycles. The van der Waals surface area contributed by atoms with Crippen LogP contribution in [0.4, 0.5) is 0 Å². The number of hydrogen-bond donors (Lipinski definition) is 1. The maximum absolute atomic E-state index is 12.8. The van der Waals surface area contributed by atoms with Crippen LogP contribution in [0.25, 0.3) is 20.7 Å². The number of aromatic amines is 1. The lowest BCUT2D eigenvalue weighted by atomic mass is 10.0. The summed E-state index contributed by atoms with van der Waals surface area (Å²) in [5.41, 5.74) is 2.99. The SMILES string of the molecule is COc1ccc(-c2cc3nc(CN4CCC[C@@H]4c4ccc(OC)cc4)[nH]c(=O)c3s2)cc1. The summed E-state index contributed by atoms with van der Waals surface area (Å²) in [6.07, 6.45) is 2.22. The summed E-state index contributed by atoms with van der Waals surface area (Å²) < 4.78 is 11.2. The van der Waals surface area contributed by atoms with Crippen LogP contribution in [-0.2, 0) is 6.54 Å². The lowest BCUT2D eigenvalue weighted by Crippen LogP contribution is -2.25. The number of fused-ring (bicyclic) bond motifs is 1. The van der Waals surface area contributed by atoms with Crippen molar-refractivity contribution in [2.75, 3.05) is 20.8 Å². The third-order valence-corrected chi connectivity index (χ3v) is 7.20. The number of H-pyrrole nitrogens is 1. The zero-order valence-electron chi connectivity index (χ0n) is 18.1. The van der Waals surface area contributed by atoms with Crippen LogP contribution in [0, 0.1) is 0 Å². The van der Waals surface area contributed by atoms with E-state index in [9.17, 15) is 4.79 Å². The molecule has 1 saturated heterocycles. The van der Waals surface area contributed by atoms with E-state index in [0.717, 1.165) is 46.8 Å². The van der Waals surface area contributed by atoms with Gasteiger partial charge < -0.3 is 14.5 Å². The van der Waals surface area contributed by atoms with Gasteiger partial charge in [-0.3, -0.25) is 9.69 Å². The van der Waals surface area contributed by atoms with E-state index in [1.54, 1.807) is 14.2 Å². The van der Waals surface area contributed by atoms with Gasteiger partial charge in [-0.2, -0.15) is 0 Å². The lowest BCUT2D eigenvalue weighted by molar-refractivity contribution is 0.242. The van der Waals surface area contributed by atoms with Crippen LogP contribution >= 0.6 is 11.3 Å². The average molecular weight is 448 g/mol. The number of thiophene rings is 1. The van der Waals surface area contributed by atoms with Crippen molar-refractivity contribution in [2.45, 2.75) is 25.4 Å². The van der Waals surface area contributed by atoms with E-state index in [1.165, 1.54) is 16.9 Å². The van der Waals surface area contributed by atoms with Crippen molar-refractivity contribution < 1.29 is 9.47 Å². The molecule has 4 aromatic rings. The average Bonchev–Trinajstić information content (AvgIpc) is 3.47. The van der Waals surface area contributed by atoms with Crippen molar-refractivity contribution in [2.24, 2.45) is 0 Å². The Labute approximate surface area is 190 Å². The number of rotatable bonds is 6. The molecule has 32 heavy (non-hydrogen) atoms. The van der Waals surface area contributed by atoms with Crippen molar-refractivity contribution in [3.8, 4) is 21.9 Å². The van der Waals surface area contributed by atoms with E-state index in [1.807, 2.05) is 42.5 Å². The number of likely N-dealkylation sites (tertiary alicyclic amines) is 1. The molecular formula is C25H25N3O3S. The van der Waals surface area contributed by atoms with Crippen LogP contribution < -0.4 is 15.0 Å². The summed E-state index contributed by atoms with van der Waals surface area (Å²) in [5, 5.41) is 0. The van der Waals surface area contributed by atoms with Gasteiger partial charge in [-0.1, -0.05) is 12.1 Å². The summed E-state index contributed by atoms with van der Waals surface area (Å²) in [6, 6.07) is 18.4. The molecule has 0 bridgehead atoms. The predicted molar refractivity (Wildman–Crippen MR) is 128 cm³/mol. The van der Waals surface area contributed by atoms with Crippen molar-refractivity contribution >= 4 is 21.6 Å². The van der Waals surface area contributed by atoms with Crippen molar-refractivity contribution in [3.05, 3.63) is 76.3 Å². The van der Waals surface area contributed by atoms with E-state index in [-0.39, 0.29) is 5.56 Å². The highest BCUT2D eigenvalue weighted by Gasteiger charge is 2.27. The Kier molecular flexibility index (Phi) is 5.68. The first-order valence-electron chi connectivity index (χ1n) is 10.7. The Morgan fingerprint density at radius 1 is 1.06 bits per heavy atom. The minimum atomic E-state index is -0.0741. The summed E-state index contributed by atoms with van der Waals surface area (Å²) in [4.78, 5) is 24.0.